The predicted molar refractivity (Wildman–Crippen MR) is 111 cm³/mol. The average molecular weight is 382 g/mol. The van der Waals surface area contributed by atoms with Gasteiger partial charge >= 0.3 is 0 Å². The van der Waals surface area contributed by atoms with Crippen molar-refractivity contribution in [3.63, 3.8) is 0 Å². The summed E-state index contributed by atoms with van der Waals surface area (Å²) >= 11 is 0. The van der Waals surface area contributed by atoms with E-state index in [2.05, 4.69) is 29.2 Å². The Hall–Kier alpha value is -2.14. The van der Waals surface area contributed by atoms with Gasteiger partial charge in [-0.3, -0.25) is 14.5 Å². The van der Waals surface area contributed by atoms with Crippen LogP contribution in [0.25, 0.3) is 6.08 Å². The maximum Gasteiger partial charge on any atom is 0.228 e. The van der Waals surface area contributed by atoms with Gasteiger partial charge in [0.15, 0.2) is 0 Å². The van der Waals surface area contributed by atoms with Crippen LogP contribution in [0.2, 0.25) is 0 Å². The number of hydrogen-bond acceptors (Lipinski definition) is 3. The lowest BCUT2D eigenvalue weighted by molar-refractivity contribution is -0.137. The van der Waals surface area contributed by atoms with Crippen molar-refractivity contribution < 1.29 is 9.59 Å². The van der Waals surface area contributed by atoms with E-state index in [1.807, 2.05) is 28.0 Å². The van der Waals surface area contributed by atoms with Crippen LogP contribution in [0.15, 0.2) is 36.4 Å². The minimum atomic E-state index is -0.127. The SMILES string of the molecule is O=C([C@H]1CC(=O)N(C2CCCC2)C1)N1CCN(C/C=C/c2ccccc2)CC1. The molecule has 5 nitrogen and oxygen atoms in total. The Kier molecular flexibility index (Phi) is 6.10. The highest BCUT2D eigenvalue weighted by atomic mass is 16.2. The molecule has 2 saturated heterocycles. The van der Waals surface area contributed by atoms with Crippen LogP contribution >= 0.6 is 0 Å². The Morgan fingerprint density at radius 1 is 1.04 bits per heavy atom. The van der Waals surface area contributed by atoms with E-state index >= 15 is 0 Å². The lowest BCUT2D eigenvalue weighted by Crippen LogP contribution is -2.50. The molecular weight excluding hydrogens is 350 g/mol. The first kappa shape index (κ1) is 19.2. The van der Waals surface area contributed by atoms with Crippen molar-refractivity contribution >= 4 is 17.9 Å². The zero-order chi connectivity index (χ0) is 19.3. The first-order valence-corrected chi connectivity index (χ1v) is 10.7. The number of piperazine rings is 1. The standard InChI is InChI=1S/C23H31N3O2/c27-22-17-20(18-26(22)21-10-4-5-11-21)23(28)25-15-13-24(14-16-25)12-6-9-19-7-2-1-3-8-19/h1-3,6-9,20-21H,4-5,10-18H2/b9-6+/t20-/m0/s1. The molecule has 2 amide bonds. The van der Waals surface area contributed by atoms with Crippen LogP contribution in [0.4, 0.5) is 0 Å². The van der Waals surface area contributed by atoms with Crippen molar-refractivity contribution in [2.75, 3.05) is 39.3 Å². The fourth-order valence-electron chi connectivity index (χ4n) is 4.78. The van der Waals surface area contributed by atoms with Crippen LogP contribution in [-0.2, 0) is 9.59 Å². The molecule has 0 aromatic heterocycles. The van der Waals surface area contributed by atoms with Gasteiger partial charge in [-0.25, -0.2) is 0 Å². The number of amides is 2. The van der Waals surface area contributed by atoms with Crippen LogP contribution in [-0.4, -0.2) is 71.8 Å². The van der Waals surface area contributed by atoms with Gasteiger partial charge in [0.25, 0.3) is 0 Å². The summed E-state index contributed by atoms with van der Waals surface area (Å²) in [5, 5.41) is 0. The highest BCUT2D eigenvalue weighted by Crippen LogP contribution is 2.30. The summed E-state index contributed by atoms with van der Waals surface area (Å²) in [5.41, 5.74) is 1.22. The summed E-state index contributed by atoms with van der Waals surface area (Å²) in [6, 6.07) is 10.7. The number of nitrogens with zero attached hydrogens (tertiary/aromatic N) is 3. The van der Waals surface area contributed by atoms with Crippen LogP contribution in [0.1, 0.15) is 37.7 Å². The number of hydrogen-bond donors (Lipinski definition) is 0. The molecule has 4 rings (SSSR count). The van der Waals surface area contributed by atoms with Crippen molar-refractivity contribution in [1.82, 2.24) is 14.7 Å². The average Bonchev–Trinajstić information content (AvgIpc) is 3.38. The van der Waals surface area contributed by atoms with E-state index in [9.17, 15) is 9.59 Å². The van der Waals surface area contributed by atoms with Crippen LogP contribution in [0.5, 0.6) is 0 Å². The molecule has 0 unspecified atom stereocenters. The number of rotatable bonds is 5. The summed E-state index contributed by atoms with van der Waals surface area (Å²) < 4.78 is 0. The van der Waals surface area contributed by atoms with Crippen LogP contribution in [0, 0.1) is 5.92 Å². The third-order valence-corrected chi connectivity index (χ3v) is 6.43. The van der Waals surface area contributed by atoms with Crippen LogP contribution < -0.4 is 0 Å². The van der Waals surface area contributed by atoms with Gasteiger partial charge in [0.1, 0.15) is 0 Å². The Balaban J connectivity index is 1.23. The Morgan fingerprint density at radius 2 is 1.75 bits per heavy atom. The van der Waals surface area contributed by atoms with Gasteiger partial charge in [-0.2, -0.15) is 0 Å². The zero-order valence-corrected chi connectivity index (χ0v) is 16.6. The maximum atomic E-state index is 12.9. The van der Waals surface area contributed by atoms with Gasteiger partial charge in [-0.1, -0.05) is 55.3 Å². The van der Waals surface area contributed by atoms with E-state index in [1.165, 1.54) is 18.4 Å². The lowest BCUT2D eigenvalue weighted by atomic mass is 10.1. The maximum absolute atomic E-state index is 12.9. The van der Waals surface area contributed by atoms with Crippen molar-refractivity contribution in [2.24, 2.45) is 5.92 Å². The molecule has 0 radical (unpaired) electrons. The lowest BCUT2D eigenvalue weighted by Gasteiger charge is -2.35. The van der Waals surface area contributed by atoms with Gasteiger partial charge in [0.2, 0.25) is 11.8 Å². The molecule has 3 aliphatic rings. The molecule has 1 saturated carbocycles. The monoisotopic (exact) mass is 381 g/mol. The van der Waals surface area contributed by atoms with Gasteiger partial charge in [0.05, 0.1) is 5.92 Å². The molecule has 0 spiro atoms. The number of carbonyl (C=O) groups excluding carboxylic acids is 2. The molecule has 1 aliphatic carbocycles. The second-order valence-corrected chi connectivity index (χ2v) is 8.32. The Bertz CT molecular complexity index is 704. The van der Waals surface area contributed by atoms with Crippen molar-refractivity contribution in [1.29, 1.82) is 0 Å². The molecule has 0 N–H and O–H groups in total. The van der Waals surface area contributed by atoms with Crippen molar-refractivity contribution in [3.05, 3.63) is 42.0 Å². The van der Waals surface area contributed by atoms with E-state index in [-0.39, 0.29) is 17.7 Å². The van der Waals surface area contributed by atoms with Gasteiger partial charge in [-0.05, 0) is 18.4 Å². The van der Waals surface area contributed by atoms with Crippen molar-refractivity contribution in [2.45, 2.75) is 38.1 Å². The van der Waals surface area contributed by atoms with Gasteiger partial charge < -0.3 is 9.80 Å². The predicted octanol–water partition coefficient (Wildman–Crippen LogP) is 2.64. The second-order valence-electron chi connectivity index (χ2n) is 8.32. The highest BCUT2D eigenvalue weighted by molar-refractivity contribution is 5.89. The molecule has 1 aromatic carbocycles. The minimum Gasteiger partial charge on any atom is -0.340 e. The molecule has 1 aromatic rings. The largest absolute Gasteiger partial charge is 0.340 e. The van der Waals surface area contributed by atoms with Crippen molar-refractivity contribution in [3.8, 4) is 0 Å². The number of benzene rings is 1. The summed E-state index contributed by atoms with van der Waals surface area (Å²) in [6.45, 7) is 4.89. The molecule has 3 fully saturated rings. The van der Waals surface area contributed by atoms with E-state index < -0.39 is 0 Å². The fraction of sp³-hybridized carbons (Fsp3) is 0.565. The number of likely N-dealkylation sites (tertiary alicyclic amines) is 1. The van der Waals surface area contributed by atoms with Crippen LogP contribution in [0.3, 0.4) is 0 Å². The first-order valence-electron chi connectivity index (χ1n) is 10.7. The number of carbonyl (C=O) groups is 2. The van der Waals surface area contributed by atoms with E-state index in [0.29, 0.717) is 19.0 Å². The first-order chi connectivity index (χ1) is 13.7. The quantitative estimate of drug-likeness (QED) is 0.788. The highest BCUT2D eigenvalue weighted by Gasteiger charge is 2.40. The topological polar surface area (TPSA) is 43.9 Å². The molecule has 5 heteroatoms. The summed E-state index contributed by atoms with van der Waals surface area (Å²) in [6.07, 6.45) is 9.42. The molecule has 28 heavy (non-hydrogen) atoms. The minimum absolute atomic E-state index is 0.127. The van der Waals surface area contributed by atoms with E-state index in [4.69, 9.17) is 0 Å². The smallest absolute Gasteiger partial charge is 0.228 e. The zero-order valence-electron chi connectivity index (χ0n) is 16.6. The molecule has 2 heterocycles. The Labute approximate surface area is 168 Å². The fourth-order valence-corrected chi connectivity index (χ4v) is 4.78. The van der Waals surface area contributed by atoms with E-state index in [1.54, 1.807) is 0 Å². The molecule has 0 bridgehead atoms. The molecule has 1 atom stereocenters. The summed E-state index contributed by atoms with van der Waals surface area (Å²) in [4.78, 5) is 31.7. The molecular formula is C23H31N3O2. The van der Waals surface area contributed by atoms with E-state index in [0.717, 1.165) is 45.6 Å². The molecule has 2 aliphatic heterocycles. The Morgan fingerprint density at radius 3 is 2.46 bits per heavy atom. The van der Waals surface area contributed by atoms with Gasteiger partial charge in [-0.15, -0.1) is 0 Å². The summed E-state index contributed by atoms with van der Waals surface area (Å²) in [5.74, 6) is 0.251. The van der Waals surface area contributed by atoms with Gasteiger partial charge in [0, 0.05) is 51.7 Å². The molecule has 150 valence electrons. The second kappa shape index (κ2) is 8.91. The third kappa shape index (κ3) is 4.46. The normalized spacial score (nSPS) is 24.6. The third-order valence-electron chi connectivity index (χ3n) is 6.43. The summed E-state index contributed by atoms with van der Waals surface area (Å²) in [7, 11) is 0.